The Morgan fingerprint density at radius 3 is 2.32 bits per heavy atom. The number of nitrogens with one attached hydrogen (secondary N) is 1. The molecule has 0 bridgehead atoms. The smallest absolute Gasteiger partial charge is 0.161 e. The molecular formula is C21H19F3N2O2. The average Bonchev–Trinajstić information content (AvgIpc) is 2.69. The van der Waals surface area contributed by atoms with Crippen molar-refractivity contribution in [1.82, 2.24) is 0 Å². The lowest BCUT2D eigenvalue weighted by Gasteiger charge is -2.34. The largest absolute Gasteiger partial charge is 0.493 e. The Bertz CT molecular complexity index is 1070. The maximum absolute atomic E-state index is 14.3. The summed E-state index contributed by atoms with van der Waals surface area (Å²) in [5.74, 6) is -1.96. The van der Waals surface area contributed by atoms with E-state index in [2.05, 4.69) is 5.32 Å². The van der Waals surface area contributed by atoms with Crippen LogP contribution in [0.3, 0.4) is 0 Å². The molecule has 146 valence electrons. The molecule has 0 radical (unpaired) electrons. The summed E-state index contributed by atoms with van der Waals surface area (Å²) >= 11 is 0. The minimum Gasteiger partial charge on any atom is -0.493 e. The normalized spacial score (nSPS) is 18.5. The van der Waals surface area contributed by atoms with E-state index in [4.69, 9.17) is 15.2 Å². The van der Waals surface area contributed by atoms with Crippen LogP contribution in [0.2, 0.25) is 0 Å². The molecule has 0 amide bonds. The molecule has 1 aliphatic rings. The lowest BCUT2D eigenvalue weighted by Crippen LogP contribution is -2.39. The molecule has 3 aromatic carbocycles. The molecule has 3 N–H and O–H groups in total. The third kappa shape index (κ3) is 2.92. The Kier molecular flexibility index (Phi) is 4.55. The predicted octanol–water partition coefficient (Wildman–Crippen LogP) is 4.31. The highest BCUT2D eigenvalue weighted by atomic mass is 19.2. The fourth-order valence-corrected chi connectivity index (χ4v) is 3.78. The van der Waals surface area contributed by atoms with Crippen molar-refractivity contribution in [3.63, 3.8) is 0 Å². The fraction of sp³-hybridized carbons (Fsp3) is 0.238. The van der Waals surface area contributed by atoms with Gasteiger partial charge >= 0.3 is 0 Å². The van der Waals surface area contributed by atoms with Gasteiger partial charge in [-0.1, -0.05) is 6.07 Å². The Morgan fingerprint density at radius 1 is 0.929 bits per heavy atom. The third-order valence-electron chi connectivity index (χ3n) is 5.19. The van der Waals surface area contributed by atoms with Crippen molar-refractivity contribution in [2.24, 2.45) is 5.73 Å². The summed E-state index contributed by atoms with van der Waals surface area (Å²) in [4.78, 5) is 0. The lowest BCUT2D eigenvalue weighted by molar-refractivity contribution is 0.356. The molecule has 4 nitrogen and oxygen atoms in total. The van der Waals surface area contributed by atoms with Gasteiger partial charge in [-0.2, -0.15) is 0 Å². The number of nitrogens with two attached hydrogens (primary N) is 1. The van der Waals surface area contributed by atoms with Gasteiger partial charge in [0, 0.05) is 23.4 Å². The number of rotatable bonds is 3. The molecule has 7 heteroatoms. The number of hydrogen-bond acceptors (Lipinski definition) is 4. The van der Waals surface area contributed by atoms with Crippen LogP contribution in [0.4, 0.5) is 18.9 Å². The molecule has 0 unspecified atom stereocenters. The van der Waals surface area contributed by atoms with Gasteiger partial charge in [-0.25, -0.2) is 13.2 Å². The second-order valence-electron chi connectivity index (χ2n) is 6.80. The van der Waals surface area contributed by atoms with Gasteiger partial charge in [0.2, 0.25) is 0 Å². The molecule has 0 aromatic heterocycles. The van der Waals surface area contributed by atoms with E-state index >= 15 is 0 Å². The highest BCUT2D eigenvalue weighted by Crippen LogP contribution is 2.40. The van der Waals surface area contributed by atoms with Gasteiger partial charge in [0.1, 0.15) is 5.82 Å². The zero-order valence-corrected chi connectivity index (χ0v) is 15.4. The van der Waals surface area contributed by atoms with E-state index in [9.17, 15) is 13.2 Å². The van der Waals surface area contributed by atoms with E-state index in [1.807, 2.05) is 24.3 Å². The molecule has 3 aromatic rings. The van der Waals surface area contributed by atoms with Crippen molar-refractivity contribution in [3.05, 3.63) is 65.0 Å². The fourth-order valence-electron chi connectivity index (χ4n) is 3.78. The molecule has 2 atom stereocenters. The lowest BCUT2D eigenvalue weighted by atomic mass is 9.86. The van der Waals surface area contributed by atoms with Crippen molar-refractivity contribution < 1.29 is 22.6 Å². The highest BCUT2D eigenvalue weighted by Gasteiger charge is 2.30. The van der Waals surface area contributed by atoms with E-state index in [1.165, 1.54) is 0 Å². The average molecular weight is 388 g/mol. The van der Waals surface area contributed by atoms with Gasteiger partial charge in [0.25, 0.3) is 0 Å². The van der Waals surface area contributed by atoms with Gasteiger partial charge in [-0.3, -0.25) is 0 Å². The Morgan fingerprint density at radius 2 is 1.61 bits per heavy atom. The molecule has 0 saturated heterocycles. The molecule has 1 aliphatic heterocycles. The van der Waals surface area contributed by atoms with Crippen LogP contribution in [0.5, 0.6) is 11.5 Å². The highest BCUT2D eigenvalue weighted by molar-refractivity contribution is 5.93. The van der Waals surface area contributed by atoms with Crippen molar-refractivity contribution in [2.45, 2.75) is 18.5 Å². The first-order valence-corrected chi connectivity index (χ1v) is 8.77. The van der Waals surface area contributed by atoms with Crippen LogP contribution in [-0.4, -0.2) is 20.3 Å². The van der Waals surface area contributed by atoms with Gasteiger partial charge in [-0.05, 0) is 47.0 Å². The summed E-state index contributed by atoms with van der Waals surface area (Å²) in [6.07, 6.45) is 0.429. The van der Waals surface area contributed by atoms with Crippen LogP contribution in [0.15, 0.2) is 36.4 Å². The van der Waals surface area contributed by atoms with E-state index in [-0.39, 0.29) is 5.56 Å². The second-order valence-corrected chi connectivity index (χ2v) is 6.80. The van der Waals surface area contributed by atoms with E-state index in [0.29, 0.717) is 24.0 Å². The molecule has 0 aliphatic carbocycles. The van der Waals surface area contributed by atoms with Crippen LogP contribution in [0, 0.1) is 17.5 Å². The minimum atomic E-state index is -1.22. The summed E-state index contributed by atoms with van der Waals surface area (Å²) < 4.78 is 51.9. The molecule has 4 rings (SSSR count). The maximum atomic E-state index is 14.3. The zero-order chi connectivity index (χ0) is 20.0. The summed E-state index contributed by atoms with van der Waals surface area (Å²) in [6, 6.07) is 7.71. The molecule has 0 spiro atoms. The van der Waals surface area contributed by atoms with Crippen molar-refractivity contribution in [3.8, 4) is 11.5 Å². The zero-order valence-electron chi connectivity index (χ0n) is 15.4. The first kappa shape index (κ1) is 18.4. The first-order valence-electron chi connectivity index (χ1n) is 8.77. The SMILES string of the molecule is COc1cc2ccc3c(c2cc1OC)C[C@H](N)[C@@H](c1cc(F)c(F)cc1F)N3. The van der Waals surface area contributed by atoms with Crippen molar-refractivity contribution in [2.75, 3.05) is 19.5 Å². The number of anilines is 1. The number of hydrogen-bond donors (Lipinski definition) is 2. The molecular weight excluding hydrogens is 369 g/mol. The number of halogens is 3. The summed E-state index contributed by atoms with van der Waals surface area (Å²) in [7, 11) is 3.13. The summed E-state index contributed by atoms with van der Waals surface area (Å²) in [6.45, 7) is 0. The quantitative estimate of drug-likeness (QED) is 0.657. The maximum Gasteiger partial charge on any atom is 0.161 e. The van der Waals surface area contributed by atoms with Gasteiger partial charge in [0.15, 0.2) is 23.1 Å². The predicted molar refractivity (Wildman–Crippen MR) is 101 cm³/mol. The Hall–Kier alpha value is -2.93. The standard InChI is InChI=1S/C21H19F3N2O2/c1-27-19-5-10-3-4-18-12(11(10)8-20(19)28-2)7-17(25)21(26-18)13-6-15(23)16(24)9-14(13)22/h3-6,8-9,17,21,26H,7,25H2,1-2H3/t17-,21+/m0/s1. The topological polar surface area (TPSA) is 56.5 Å². The van der Waals surface area contributed by atoms with Crippen LogP contribution >= 0.6 is 0 Å². The van der Waals surface area contributed by atoms with Gasteiger partial charge in [0.05, 0.1) is 20.3 Å². The van der Waals surface area contributed by atoms with Gasteiger partial charge < -0.3 is 20.5 Å². The first-order chi connectivity index (χ1) is 13.4. The van der Waals surface area contributed by atoms with E-state index < -0.39 is 29.5 Å². The number of ether oxygens (including phenoxy) is 2. The van der Waals surface area contributed by atoms with Crippen LogP contribution in [0.1, 0.15) is 17.2 Å². The second kappa shape index (κ2) is 6.91. The van der Waals surface area contributed by atoms with Crippen LogP contribution in [0.25, 0.3) is 10.8 Å². The molecule has 1 heterocycles. The number of benzene rings is 3. The molecule has 0 fully saturated rings. The Balaban J connectivity index is 1.80. The number of fused-ring (bicyclic) bond motifs is 3. The molecule has 28 heavy (non-hydrogen) atoms. The van der Waals surface area contributed by atoms with Gasteiger partial charge in [-0.15, -0.1) is 0 Å². The van der Waals surface area contributed by atoms with Crippen LogP contribution in [-0.2, 0) is 6.42 Å². The third-order valence-corrected chi connectivity index (χ3v) is 5.19. The van der Waals surface area contributed by atoms with Crippen molar-refractivity contribution >= 4 is 16.5 Å². The summed E-state index contributed by atoms with van der Waals surface area (Å²) in [5, 5.41) is 5.06. The van der Waals surface area contributed by atoms with E-state index in [0.717, 1.165) is 28.1 Å². The molecule has 0 saturated carbocycles. The van der Waals surface area contributed by atoms with Crippen molar-refractivity contribution in [1.29, 1.82) is 0 Å². The number of methoxy groups -OCH3 is 2. The van der Waals surface area contributed by atoms with Crippen LogP contribution < -0.4 is 20.5 Å². The minimum absolute atomic E-state index is 0.00413. The summed E-state index contributed by atoms with van der Waals surface area (Å²) in [5.41, 5.74) is 8.01. The van der Waals surface area contributed by atoms with E-state index in [1.54, 1.807) is 14.2 Å². The monoisotopic (exact) mass is 388 g/mol. The Labute approximate surface area is 160 Å².